The summed E-state index contributed by atoms with van der Waals surface area (Å²) in [5, 5.41) is 25.4. The summed E-state index contributed by atoms with van der Waals surface area (Å²) in [6.07, 6.45) is -1.06. The summed E-state index contributed by atoms with van der Waals surface area (Å²) in [6.45, 7) is -1.04. The van der Waals surface area contributed by atoms with Gasteiger partial charge in [-0.05, 0) is 0 Å². The molecular weight excluding hydrogens is 160 g/mol. The molecule has 0 spiro atoms. The normalized spacial score (nSPS) is 10.9. The van der Waals surface area contributed by atoms with Crippen LogP contribution in [0.4, 0.5) is 0 Å². The molecule has 0 radical (unpaired) electrons. The molecule has 0 aliphatic carbocycles. The van der Waals surface area contributed by atoms with Crippen LogP contribution in [-0.4, -0.2) is 67.3 Å². The van der Waals surface area contributed by atoms with Crippen LogP contribution in [0.1, 0.15) is 0 Å². The third-order valence-corrected chi connectivity index (χ3v) is 0.403. The van der Waals surface area contributed by atoms with Crippen molar-refractivity contribution in [2.45, 2.75) is 6.10 Å². The molecule has 1 unspecified atom stereocenters. The van der Waals surface area contributed by atoms with E-state index in [2.05, 4.69) is 0 Å². The summed E-state index contributed by atoms with van der Waals surface area (Å²) >= 11 is 0. The fourth-order valence-electron chi connectivity index (χ4n) is 0.0527. The van der Waals surface area contributed by atoms with Crippen molar-refractivity contribution in [1.29, 1.82) is 0 Å². The first-order valence-electron chi connectivity index (χ1n) is 1.68. The third-order valence-electron chi connectivity index (χ3n) is 0.403. The minimum Gasteiger partial charge on any atom is -1.00 e. The zero-order valence-electron chi connectivity index (χ0n) is 4.38. The Labute approximate surface area is 84.1 Å². The second-order valence-electron chi connectivity index (χ2n) is 1.00. The average Bonchev–Trinajstić information content (AvgIpc) is 1.65. The van der Waals surface area contributed by atoms with Gasteiger partial charge in [0.25, 0.3) is 0 Å². The van der Waals surface area contributed by atoms with E-state index in [-0.39, 0.29) is 50.1 Å². The summed E-state index contributed by atoms with van der Waals surface area (Å²) < 4.78 is 0. The molecule has 0 aliphatic rings. The summed E-state index contributed by atoms with van der Waals surface area (Å²) in [7, 11) is 0. The number of hydrogen-bond donors (Lipinski definition) is 2. The Morgan fingerprint density at radius 3 is 1.88 bits per heavy atom. The third kappa shape index (κ3) is 10.4. The van der Waals surface area contributed by atoms with Crippen molar-refractivity contribution >= 4 is 37.7 Å². The summed E-state index contributed by atoms with van der Waals surface area (Å²) in [5.41, 5.74) is 0. The van der Waals surface area contributed by atoms with Crippen molar-refractivity contribution < 1.29 is 27.7 Å². The zero-order valence-corrected chi connectivity index (χ0v) is 7.34. The molecule has 1 atom stereocenters. The zero-order chi connectivity index (χ0) is 4.99. The van der Waals surface area contributed by atoms with Gasteiger partial charge >= 0.3 is 37.7 Å². The number of aliphatic hydroxyl groups is 2. The molecule has 0 heterocycles. The van der Waals surface area contributed by atoms with Gasteiger partial charge in [0.2, 0.25) is 0 Å². The fourth-order valence-corrected chi connectivity index (χ4v) is 0.0527. The van der Waals surface area contributed by atoms with Crippen molar-refractivity contribution in [3.8, 4) is 0 Å². The van der Waals surface area contributed by atoms with Crippen molar-refractivity contribution in [3.05, 3.63) is 0 Å². The van der Waals surface area contributed by atoms with E-state index in [9.17, 15) is 5.11 Å². The van der Waals surface area contributed by atoms with E-state index < -0.39 is 19.3 Å². The van der Waals surface area contributed by atoms with E-state index >= 15 is 0 Å². The molecule has 46 valence electrons. The molecule has 0 fully saturated rings. The predicted molar refractivity (Wildman–Crippen MR) is 23.7 cm³/mol. The predicted octanol–water partition coefficient (Wildman–Crippen LogP) is -5.68. The number of hydrogen-bond acceptors (Lipinski definition) is 3. The van der Waals surface area contributed by atoms with E-state index in [0.29, 0.717) is 0 Å². The van der Waals surface area contributed by atoms with Crippen LogP contribution < -0.4 is 17.5 Å². The van der Waals surface area contributed by atoms with Gasteiger partial charge in [-0.3, -0.25) is 0 Å². The fraction of sp³-hybridized carbons (Fsp3) is 1.00. The maximum absolute atomic E-state index is 9.45. The Morgan fingerprint density at radius 1 is 1.50 bits per heavy atom. The quantitative estimate of drug-likeness (QED) is 0.402. The van der Waals surface area contributed by atoms with Crippen LogP contribution in [-0.2, 0) is 0 Å². The molecule has 0 aromatic rings. The molecule has 0 rings (SSSR count). The van der Waals surface area contributed by atoms with Crippen molar-refractivity contribution in [2.24, 2.45) is 0 Å². The van der Waals surface area contributed by atoms with Crippen molar-refractivity contribution in [3.63, 3.8) is 0 Å². The SMILES string of the molecule is [Ca+2].[Cl-].[O-]CC(O)CO. The molecule has 8 heavy (non-hydrogen) atoms. The minimum atomic E-state index is -1.06. The van der Waals surface area contributed by atoms with E-state index in [0.717, 1.165) is 0 Å². The maximum atomic E-state index is 9.45. The maximum Gasteiger partial charge on any atom is 2.00 e. The molecule has 0 amide bonds. The van der Waals surface area contributed by atoms with Crippen molar-refractivity contribution in [2.75, 3.05) is 13.2 Å². The van der Waals surface area contributed by atoms with Crippen molar-refractivity contribution in [1.82, 2.24) is 0 Å². The Bertz CT molecular complexity index is 33.7. The van der Waals surface area contributed by atoms with E-state index in [1.807, 2.05) is 0 Å². The van der Waals surface area contributed by atoms with E-state index in [1.54, 1.807) is 0 Å². The van der Waals surface area contributed by atoms with E-state index in [4.69, 9.17) is 10.2 Å². The van der Waals surface area contributed by atoms with Gasteiger partial charge in [-0.25, -0.2) is 0 Å². The number of halogens is 1. The summed E-state index contributed by atoms with van der Waals surface area (Å²) in [4.78, 5) is 0. The van der Waals surface area contributed by atoms with Crippen LogP contribution in [0.2, 0.25) is 0 Å². The molecule has 0 saturated carbocycles. The molecular formula is C3H7CaClO3. The Hall–Kier alpha value is 1.43. The summed E-state index contributed by atoms with van der Waals surface area (Å²) in [6, 6.07) is 0. The second-order valence-corrected chi connectivity index (χ2v) is 1.00. The van der Waals surface area contributed by atoms with Gasteiger partial charge in [0.15, 0.2) is 0 Å². The number of rotatable bonds is 2. The molecule has 0 saturated heterocycles. The van der Waals surface area contributed by atoms with Gasteiger partial charge in [0.05, 0.1) is 12.7 Å². The standard InChI is InChI=1S/C3H7O3.Ca.ClH/c4-1-3(6)2-5;;/h3-4,6H,1-2H2;;1H/q-1;+2;/p-1. The molecule has 0 bridgehead atoms. The largest absolute Gasteiger partial charge is 2.00 e. The first kappa shape index (κ1) is 16.2. The van der Waals surface area contributed by atoms with Crippen LogP contribution in [0.25, 0.3) is 0 Å². The average molecular weight is 167 g/mol. The molecule has 2 N–H and O–H groups in total. The monoisotopic (exact) mass is 166 g/mol. The summed E-state index contributed by atoms with van der Waals surface area (Å²) in [5.74, 6) is 0. The first-order chi connectivity index (χ1) is 2.81. The van der Waals surface area contributed by atoms with Crippen LogP contribution in [0.15, 0.2) is 0 Å². The van der Waals surface area contributed by atoms with Crippen LogP contribution >= 0.6 is 0 Å². The molecule has 5 heteroatoms. The van der Waals surface area contributed by atoms with E-state index in [1.165, 1.54) is 0 Å². The topological polar surface area (TPSA) is 63.5 Å². The van der Waals surface area contributed by atoms with Crippen LogP contribution in [0.5, 0.6) is 0 Å². The van der Waals surface area contributed by atoms with Gasteiger partial charge in [-0.2, -0.15) is 0 Å². The van der Waals surface area contributed by atoms with Gasteiger partial charge in [0, 0.05) is 0 Å². The minimum absolute atomic E-state index is 0. The molecule has 0 aromatic heterocycles. The molecule has 0 aromatic carbocycles. The Morgan fingerprint density at radius 2 is 1.88 bits per heavy atom. The smallest absolute Gasteiger partial charge is 1.00 e. The molecule has 0 aliphatic heterocycles. The van der Waals surface area contributed by atoms with Gasteiger partial charge < -0.3 is 27.7 Å². The van der Waals surface area contributed by atoms with Gasteiger partial charge in [-0.15, -0.1) is 6.61 Å². The van der Waals surface area contributed by atoms with Gasteiger partial charge in [-0.1, -0.05) is 0 Å². The number of aliphatic hydroxyl groups excluding tert-OH is 2. The Balaban J connectivity index is -0.000000125. The first-order valence-corrected chi connectivity index (χ1v) is 1.68. The van der Waals surface area contributed by atoms with Crippen LogP contribution in [0, 0.1) is 0 Å². The van der Waals surface area contributed by atoms with Crippen LogP contribution in [0.3, 0.4) is 0 Å². The Kier molecular flexibility index (Phi) is 22.8. The van der Waals surface area contributed by atoms with Gasteiger partial charge in [0.1, 0.15) is 0 Å². The molecule has 3 nitrogen and oxygen atoms in total. The second kappa shape index (κ2) is 11.3.